The van der Waals surface area contributed by atoms with Gasteiger partial charge in [-0.1, -0.05) is 0 Å². The van der Waals surface area contributed by atoms with Gasteiger partial charge >= 0.3 is 0 Å². The highest BCUT2D eigenvalue weighted by Crippen LogP contribution is 2.18. The van der Waals surface area contributed by atoms with Gasteiger partial charge in [-0.3, -0.25) is 9.79 Å². The molecule has 1 saturated carbocycles. The Bertz CT molecular complexity index is 293. The van der Waals surface area contributed by atoms with Crippen molar-refractivity contribution in [2.24, 2.45) is 4.99 Å². The quantitative estimate of drug-likeness (QED) is 0.550. The molecule has 0 aromatic rings. The van der Waals surface area contributed by atoms with Gasteiger partial charge in [0.15, 0.2) is 5.96 Å². The van der Waals surface area contributed by atoms with Crippen molar-refractivity contribution >= 4 is 11.9 Å². The average Bonchev–Trinajstić information content (AvgIpc) is 3.19. The number of carbonyl (C=O) groups is 1. The summed E-state index contributed by atoms with van der Waals surface area (Å²) >= 11 is 0. The number of likely N-dealkylation sites (tertiary alicyclic amines) is 1. The predicted molar refractivity (Wildman–Crippen MR) is 68.0 cm³/mol. The van der Waals surface area contributed by atoms with E-state index in [0.29, 0.717) is 12.6 Å². The van der Waals surface area contributed by atoms with Crippen molar-refractivity contribution in [1.82, 2.24) is 15.5 Å². The molecule has 2 fully saturated rings. The molecule has 0 atom stereocenters. The van der Waals surface area contributed by atoms with E-state index in [0.717, 1.165) is 31.9 Å². The molecule has 1 aliphatic heterocycles. The molecule has 2 N–H and O–H groups in total. The van der Waals surface area contributed by atoms with Gasteiger partial charge in [-0.05, 0) is 32.1 Å². The molecule has 0 radical (unpaired) electrons. The molecule has 0 aromatic heterocycles. The van der Waals surface area contributed by atoms with Crippen molar-refractivity contribution in [3.05, 3.63) is 0 Å². The fourth-order valence-electron chi connectivity index (χ4n) is 2.03. The normalized spacial score (nSPS) is 21.2. The number of piperidine rings is 1. The molecule has 17 heavy (non-hydrogen) atoms. The van der Waals surface area contributed by atoms with Gasteiger partial charge in [0.2, 0.25) is 5.91 Å². The molecule has 0 unspecified atom stereocenters. The van der Waals surface area contributed by atoms with Gasteiger partial charge in [0.25, 0.3) is 0 Å². The third kappa shape index (κ3) is 3.91. The third-order valence-corrected chi connectivity index (χ3v) is 3.26. The molecule has 2 aliphatic rings. The number of rotatable bonds is 3. The molecule has 0 bridgehead atoms. The van der Waals surface area contributed by atoms with Crippen LogP contribution in [-0.4, -0.2) is 49.5 Å². The first-order valence-electron chi connectivity index (χ1n) is 6.54. The van der Waals surface area contributed by atoms with E-state index in [9.17, 15) is 4.79 Å². The molecule has 1 heterocycles. The Morgan fingerprint density at radius 1 is 1.29 bits per heavy atom. The molecule has 2 rings (SSSR count). The van der Waals surface area contributed by atoms with E-state index in [-0.39, 0.29) is 5.91 Å². The van der Waals surface area contributed by atoms with Crippen molar-refractivity contribution < 1.29 is 4.79 Å². The highest BCUT2D eigenvalue weighted by atomic mass is 16.2. The Morgan fingerprint density at radius 2 is 2.00 bits per heavy atom. The number of hydrogen-bond donors (Lipinski definition) is 2. The fraction of sp³-hybridized carbons (Fsp3) is 0.833. The standard InChI is InChI=1S/C12H22N4O/c1-13-12(15-10-5-6-10)14-9-11(17)16-7-3-2-4-8-16/h10H,2-9H2,1H3,(H2,13,14,15). The minimum absolute atomic E-state index is 0.184. The molecule has 5 nitrogen and oxygen atoms in total. The number of hydrogen-bond acceptors (Lipinski definition) is 2. The number of nitrogens with one attached hydrogen (secondary N) is 2. The van der Waals surface area contributed by atoms with Crippen LogP contribution in [0.1, 0.15) is 32.1 Å². The van der Waals surface area contributed by atoms with Crippen LogP contribution in [0.4, 0.5) is 0 Å². The van der Waals surface area contributed by atoms with Crippen LogP contribution < -0.4 is 10.6 Å². The van der Waals surface area contributed by atoms with Crippen molar-refractivity contribution in [2.75, 3.05) is 26.7 Å². The number of nitrogens with zero attached hydrogens (tertiary/aromatic N) is 2. The van der Waals surface area contributed by atoms with Crippen LogP contribution in [0.25, 0.3) is 0 Å². The monoisotopic (exact) mass is 238 g/mol. The molecule has 1 saturated heterocycles. The van der Waals surface area contributed by atoms with E-state index >= 15 is 0 Å². The highest BCUT2D eigenvalue weighted by Gasteiger charge is 2.22. The molecular formula is C12H22N4O. The molecule has 0 aromatic carbocycles. The zero-order valence-corrected chi connectivity index (χ0v) is 10.5. The predicted octanol–water partition coefficient (Wildman–Crippen LogP) is 0.326. The van der Waals surface area contributed by atoms with Crippen molar-refractivity contribution in [1.29, 1.82) is 0 Å². The van der Waals surface area contributed by atoms with Crippen LogP contribution in [0.5, 0.6) is 0 Å². The molecule has 1 aliphatic carbocycles. The third-order valence-electron chi connectivity index (χ3n) is 3.26. The molecule has 5 heteroatoms. The summed E-state index contributed by atoms with van der Waals surface area (Å²) in [6, 6.07) is 0.561. The van der Waals surface area contributed by atoms with Gasteiger partial charge in [-0.2, -0.15) is 0 Å². The smallest absolute Gasteiger partial charge is 0.241 e. The fourth-order valence-corrected chi connectivity index (χ4v) is 2.03. The SMILES string of the molecule is CN=C(NCC(=O)N1CCCCC1)NC1CC1. The second-order valence-corrected chi connectivity index (χ2v) is 4.79. The number of carbonyl (C=O) groups excluding carboxylic acids is 1. The molecule has 0 spiro atoms. The van der Waals surface area contributed by atoms with Crippen LogP contribution in [0.2, 0.25) is 0 Å². The number of aliphatic imine (C=N–C) groups is 1. The Balaban J connectivity index is 1.70. The van der Waals surface area contributed by atoms with Gasteiger partial charge in [0.05, 0.1) is 6.54 Å². The van der Waals surface area contributed by atoms with E-state index in [4.69, 9.17) is 0 Å². The summed E-state index contributed by atoms with van der Waals surface area (Å²) in [6.07, 6.45) is 5.95. The van der Waals surface area contributed by atoms with E-state index in [1.165, 1.54) is 19.3 Å². The Hall–Kier alpha value is -1.26. The largest absolute Gasteiger partial charge is 0.354 e. The van der Waals surface area contributed by atoms with Crippen molar-refractivity contribution in [2.45, 2.75) is 38.1 Å². The lowest BCUT2D eigenvalue weighted by Gasteiger charge is -2.27. The van der Waals surface area contributed by atoms with Crippen LogP contribution in [0.3, 0.4) is 0 Å². The van der Waals surface area contributed by atoms with Crippen LogP contribution in [0.15, 0.2) is 4.99 Å². The van der Waals surface area contributed by atoms with E-state index in [1.54, 1.807) is 7.05 Å². The summed E-state index contributed by atoms with van der Waals surface area (Å²) in [6.45, 7) is 2.18. The van der Waals surface area contributed by atoms with Crippen LogP contribution in [0, 0.1) is 0 Å². The molecular weight excluding hydrogens is 216 g/mol. The molecule has 96 valence electrons. The summed E-state index contributed by atoms with van der Waals surface area (Å²) in [7, 11) is 1.74. The number of amides is 1. The van der Waals surface area contributed by atoms with Gasteiger partial charge < -0.3 is 15.5 Å². The highest BCUT2D eigenvalue weighted by molar-refractivity contribution is 5.86. The summed E-state index contributed by atoms with van der Waals surface area (Å²) < 4.78 is 0. The second kappa shape index (κ2) is 5.89. The average molecular weight is 238 g/mol. The summed E-state index contributed by atoms with van der Waals surface area (Å²) in [5.41, 5.74) is 0. The summed E-state index contributed by atoms with van der Waals surface area (Å²) in [4.78, 5) is 18.0. The van der Waals surface area contributed by atoms with Crippen LogP contribution >= 0.6 is 0 Å². The maximum absolute atomic E-state index is 11.9. The Labute approximate surface area is 103 Å². The van der Waals surface area contributed by atoms with Gasteiger partial charge in [0.1, 0.15) is 0 Å². The van der Waals surface area contributed by atoms with Gasteiger partial charge in [-0.15, -0.1) is 0 Å². The maximum Gasteiger partial charge on any atom is 0.241 e. The minimum Gasteiger partial charge on any atom is -0.354 e. The minimum atomic E-state index is 0.184. The lowest BCUT2D eigenvalue weighted by Crippen LogP contribution is -2.46. The van der Waals surface area contributed by atoms with Crippen molar-refractivity contribution in [3.8, 4) is 0 Å². The van der Waals surface area contributed by atoms with Crippen LogP contribution in [-0.2, 0) is 4.79 Å². The lowest BCUT2D eigenvalue weighted by molar-refractivity contribution is -0.130. The first-order valence-corrected chi connectivity index (χ1v) is 6.54. The van der Waals surface area contributed by atoms with E-state index in [1.807, 2.05) is 4.90 Å². The number of guanidine groups is 1. The lowest BCUT2D eigenvalue weighted by atomic mass is 10.1. The second-order valence-electron chi connectivity index (χ2n) is 4.79. The topological polar surface area (TPSA) is 56.7 Å². The van der Waals surface area contributed by atoms with Gasteiger partial charge in [-0.25, -0.2) is 0 Å². The Morgan fingerprint density at radius 3 is 2.59 bits per heavy atom. The summed E-state index contributed by atoms with van der Waals surface area (Å²) in [5.74, 6) is 0.932. The zero-order chi connectivity index (χ0) is 12.1. The Kier molecular flexibility index (Phi) is 4.23. The first kappa shape index (κ1) is 12.2. The van der Waals surface area contributed by atoms with Gasteiger partial charge in [0, 0.05) is 26.2 Å². The van der Waals surface area contributed by atoms with E-state index < -0.39 is 0 Å². The zero-order valence-electron chi connectivity index (χ0n) is 10.5. The van der Waals surface area contributed by atoms with E-state index in [2.05, 4.69) is 15.6 Å². The van der Waals surface area contributed by atoms with Crippen molar-refractivity contribution in [3.63, 3.8) is 0 Å². The maximum atomic E-state index is 11.9. The summed E-state index contributed by atoms with van der Waals surface area (Å²) in [5, 5.41) is 6.35. The first-order chi connectivity index (χ1) is 8.29. The molecule has 1 amide bonds.